The Bertz CT molecular complexity index is 1110. The van der Waals surface area contributed by atoms with Gasteiger partial charge < -0.3 is 4.90 Å². The average molecular weight is 394 g/mol. The van der Waals surface area contributed by atoms with Crippen LogP contribution in [0.25, 0.3) is 10.8 Å². The second-order valence-corrected chi connectivity index (χ2v) is 7.15. The molecular weight excluding hydrogens is 366 g/mol. The van der Waals surface area contributed by atoms with E-state index in [1.807, 2.05) is 29.4 Å². The molecule has 4 aromatic carbocycles. The van der Waals surface area contributed by atoms with Crippen LogP contribution in [0.1, 0.15) is 19.4 Å². The molecule has 30 heavy (non-hydrogen) atoms. The maximum Gasteiger partial charge on any atom is 0.0730 e. The van der Waals surface area contributed by atoms with Crippen molar-refractivity contribution in [1.29, 1.82) is 0 Å². The van der Waals surface area contributed by atoms with E-state index in [0.717, 1.165) is 30.0 Å². The Labute approximate surface area is 178 Å². The summed E-state index contributed by atoms with van der Waals surface area (Å²) in [4.78, 5) is 2.34. The number of hydrogen-bond acceptors (Lipinski definition) is 3. The van der Waals surface area contributed by atoms with Crippen LogP contribution < -0.4 is 9.91 Å². The van der Waals surface area contributed by atoms with Gasteiger partial charge in [0.1, 0.15) is 0 Å². The highest BCUT2D eigenvalue weighted by Gasteiger charge is 2.11. The molecule has 3 heteroatoms. The minimum absolute atomic E-state index is 1.01. The number of para-hydroxylation sites is 1. The normalized spacial score (nSPS) is 11.1. The first kappa shape index (κ1) is 19.7. The van der Waals surface area contributed by atoms with Crippen molar-refractivity contribution >= 4 is 34.0 Å². The van der Waals surface area contributed by atoms with E-state index in [4.69, 9.17) is 5.10 Å². The van der Waals surface area contributed by atoms with E-state index in [1.165, 1.54) is 16.5 Å². The van der Waals surface area contributed by atoms with E-state index in [1.54, 1.807) is 0 Å². The van der Waals surface area contributed by atoms with Gasteiger partial charge in [-0.2, -0.15) is 5.10 Å². The van der Waals surface area contributed by atoms with Crippen LogP contribution in [0.3, 0.4) is 0 Å². The fraction of sp³-hybridized carbons (Fsp3) is 0.148. The van der Waals surface area contributed by atoms with Crippen molar-refractivity contribution in [3.8, 4) is 0 Å². The Kier molecular flexibility index (Phi) is 6.09. The molecule has 0 aliphatic heterocycles. The molecule has 150 valence electrons. The first-order valence-corrected chi connectivity index (χ1v) is 10.5. The third-order valence-electron chi connectivity index (χ3n) is 5.34. The maximum absolute atomic E-state index is 4.89. The summed E-state index contributed by atoms with van der Waals surface area (Å²) in [6, 6.07) is 33.6. The summed E-state index contributed by atoms with van der Waals surface area (Å²) in [5, 5.41) is 9.29. The van der Waals surface area contributed by atoms with Crippen molar-refractivity contribution in [2.24, 2.45) is 5.10 Å². The van der Waals surface area contributed by atoms with Crippen LogP contribution in [0, 0.1) is 0 Å². The molecular formula is C27H27N3. The number of benzene rings is 4. The fourth-order valence-electron chi connectivity index (χ4n) is 3.71. The molecule has 0 heterocycles. The molecule has 0 fully saturated rings. The van der Waals surface area contributed by atoms with Gasteiger partial charge in [-0.15, -0.1) is 0 Å². The lowest BCUT2D eigenvalue weighted by atomic mass is 10.1. The Morgan fingerprint density at radius 1 is 0.667 bits per heavy atom. The zero-order valence-electron chi connectivity index (χ0n) is 17.6. The van der Waals surface area contributed by atoms with E-state index < -0.39 is 0 Å². The maximum atomic E-state index is 4.89. The van der Waals surface area contributed by atoms with Gasteiger partial charge in [0, 0.05) is 24.2 Å². The predicted octanol–water partition coefficient (Wildman–Crippen LogP) is 6.86. The van der Waals surface area contributed by atoms with E-state index in [0.29, 0.717) is 0 Å². The largest absolute Gasteiger partial charge is 0.372 e. The third-order valence-corrected chi connectivity index (χ3v) is 5.34. The van der Waals surface area contributed by atoms with Crippen molar-refractivity contribution in [2.75, 3.05) is 23.0 Å². The minimum Gasteiger partial charge on any atom is -0.372 e. The molecule has 0 spiro atoms. The topological polar surface area (TPSA) is 18.8 Å². The SMILES string of the molecule is CCN(CC)c1ccc(C=NN(c2ccccc2)c2cccc3ccccc23)cc1. The zero-order chi connectivity index (χ0) is 20.8. The fourth-order valence-corrected chi connectivity index (χ4v) is 3.71. The molecule has 0 bridgehead atoms. The smallest absolute Gasteiger partial charge is 0.0730 e. The molecule has 0 unspecified atom stereocenters. The zero-order valence-corrected chi connectivity index (χ0v) is 17.6. The van der Waals surface area contributed by atoms with Gasteiger partial charge in [-0.3, -0.25) is 0 Å². The Morgan fingerprint density at radius 3 is 2.07 bits per heavy atom. The Hall–Kier alpha value is -3.59. The molecule has 0 saturated heterocycles. The molecule has 0 aliphatic carbocycles. The predicted molar refractivity (Wildman–Crippen MR) is 130 cm³/mol. The van der Waals surface area contributed by atoms with E-state index in [2.05, 4.69) is 97.6 Å². The first-order valence-electron chi connectivity index (χ1n) is 10.5. The lowest BCUT2D eigenvalue weighted by Gasteiger charge is -2.22. The van der Waals surface area contributed by atoms with Gasteiger partial charge in [0.2, 0.25) is 0 Å². The summed E-state index contributed by atoms with van der Waals surface area (Å²) in [6.45, 7) is 6.38. The standard InChI is InChI=1S/C27H27N3/c1-3-29(4-2)24-19-17-22(18-20-24)21-28-30(25-13-6-5-7-14-25)27-16-10-12-23-11-8-9-15-26(23)27/h5-21H,3-4H2,1-2H3. The van der Waals surface area contributed by atoms with Gasteiger partial charge >= 0.3 is 0 Å². The van der Waals surface area contributed by atoms with Gasteiger partial charge in [-0.05, 0) is 55.1 Å². The van der Waals surface area contributed by atoms with Crippen LogP contribution >= 0.6 is 0 Å². The molecule has 4 rings (SSSR count). The molecule has 0 radical (unpaired) electrons. The first-order chi connectivity index (χ1) is 14.8. The monoisotopic (exact) mass is 393 g/mol. The summed E-state index contributed by atoms with van der Waals surface area (Å²) in [5.74, 6) is 0. The van der Waals surface area contributed by atoms with E-state index in [9.17, 15) is 0 Å². The molecule has 0 aliphatic rings. The lowest BCUT2D eigenvalue weighted by Crippen LogP contribution is -2.21. The summed E-state index contributed by atoms with van der Waals surface area (Å²) in [7, 11) is 0. The molecule has 0 aromatic heterocycles. The van der Waals surface area contributed by atoms with Crippen LogP contribution in [0.15, 0.2) is 102 Å². The highest BCUT2D eigenvalue weighted by molar-refractivity contribution is 5.96. The van der Waals surface area contributed by atoms with Gasteiger partial charge in [0.15, 0.2) is 0 Å². The summed E-state index contributed by atoms with van der Waals surface area (Å²) in [6.07, 6.45) is 1.93. The highest BCUT2D eigenvalue weighted by atomic mass is 15.5. The average Bonchev–Trinajstić information content (AvgIpc) is 2.82. The van der Waals surface area contributed by atoms with Gasteiger partial charge in [0.05, 0.1) is 17.6 Å². The van der Waals surface area contributed by atoms with E-state index in [-0.39, 0.29) is 0 Å². The van der Waals surface area contributed by atoms with Crippen molar-refractivity contribution in [3.05, 3.63) is 103 Å². The minimum atomic E-state index is 1.01. The number of hydrogen-bond donors (Lipinski definition) is 0. The van der Waals surface area contributed by atoms with Crippen LogP contribution in [0.4, 0.5) is 17.1 Å². The van der Waals surface area contributed by atoms with Crippen LogP contribution in [-0.2, 0) is 0 Å². The van der Waals surface area contributed by atoms with Gasteiger partial charge in [-0.25, -0.2) is 5.01 Å². The number of nitrogens with zero attached hydrogens (tertiary/aromatic N) is 3. The Morgan fingerprint density at radius 2 is 1.33 bits per heavy atom. The van der Waals surface area contributed by atoms with Crippen LogP contribution in [-0.4, -0.2) is 19.3 Å². The second kappa shape index (κ2) is 9.27. The molecule has 0 atom stereocenters. The molecule has 0 amide bonds. The highest BCUT2D eigenvalue weighted by Crippen LogP contribution is 2.32. The van der Waals surface area contributed by atoms with E-state index >= 15 is 0 Å². The van der Waals surface area contributed by atoms with Crippen LogP contribution in [0.2, 0.25) is 0 Å². The van der Waals surface area contributed by atoms with Crippen molar-refractivity contribution in [1.82, 2.24) is 0 Å². The lowest BCUT2D eigenvalue weighted by molar-refractivity contribution is 0.866. The number of rotatable bonds is 7. The van der Waals surface area contributed by atoms with Gasteiger partial charge in [0.25, 0.3) is 0 Å². The van der Waals surface area contributed by atoms with Crippen molar-refractivity contribution in [3.63, 3.8) is 0 Å². The Balaban J connectivity index is 1.71. The van der Waals surface area contributed by atoms with Gasteiger partial charge in [-0.1, -0.05) is 66.7 Å². The third kappa shape index (κ3) is 4.20. The second-order valence-electron chi connectivity index (χ2n) is 7.15. The molecule has 4 aromatic rings. The van der Waals surface area contributed by atoms with Crippen molar-refractivity contribution in [2.45, 2.75) is 13.8 Å². The molecule has 3 nitrogen and oxygen atoms in total. The number of hydrazone groups is 1. The summed E-state index contributed by atoms with van der Waals surface area (Å²) >= 11 is 0. The number of fused-ring (bicyclic) bond motifs is 1. The van der Waals surface area contributed by atoms with Crippen LogP contribution in [0.5, 0.6) is 0 Å². The number of anilines is 3. The molecule has 0 saturated carbocycles. The summed E-state index contributed by atoms with van der Waals surface area (Å²) < 4.78 is 0. The van der Waals surface area contributed by atoms with Crippen molar-refractivity contribution < 1.29 is 0 Å². The summed E-state index contributed by atoms with van der Waals surface area (Å²) in [5.41, 5.74) is 4.42. The molecule has 0 N–H and O–H groups in total. The quantitative estimate of drug-likeness (QED) is 0.252.